The van der Waals surface area contributed by atoms with Crippen molar-refractivity contribution in [1.29, 1.82) is 0 Å². The van der Waals surface area contributed by atoms with Crippen LogP contribution in [-0.2, 0) is 16.0 Å². The van der Waals surface area contributed by atoms with Gasteiger partial charge in [-0.1, -0.05) is 11.6 Å². The molecule has 1 aliphatic rings. The number of aromatic nitrogens is 1. The lowest BCUT2D eigenvalue weighted by Crippen LogP contribution is -2.04. The van der Waals surface area contributed by atoms with Crippen LogP contribution in [0.1, 0.15) is 28.8 Å². The molecule has 6 heteroatoms. The first-order chi connectivity index (χ1) is 11.0. The van der Waals surface area contributed by atoms with Gasteiger partial charge in [0.25, 0.3) is 5.91 Å². The minimum atomic E-state index is -0.847. The van der Waals surface area contributed by atoms with Gasteiger partial charge in [-0.05, 0) is 48.7 Å². The smallest absolute Gasteiger partial charge is 0.303 e. The number of H-pyrrole nitrogens is 1. The topological polar surface area (TPSA) is 82.2 Å². The first kappa shape index (κ1) is 15.4. The molecule has 0 saturated carbocycles. The number of amides is 1. The Balaban J connectivity index is 2.01. The molecule has 0 bridgehead atoms. The molecule has 2 heterocycles. The van der Waals surface area contributed by atoms with Crippen LogP contribution in [0.2, 0.25) is 5.02 Å². The molecule has 0 atom stereocenters. The highest BCUT2D eigenvalue weighted by Crippen LogP contribution is 2.35. The van der Waals surface area contributed by atoms with E-state index < -0.39 is 5.97 Å². The number of aliphatic carboxylic acids is 1. The molecule has 0 spiro atoms. The predicted molar refractivity (Wildman–Crippen MR) is 89.4 cm³/mol. The second-order valence-electron chi connectivity index (χ2n) is 5.46. The van der Waals surface area contributed by atoms with Crippen molar-refractivity contribution >= 4 is 40.8 Å². The minimum absolute atomic E-state index is 0.0451. The van der Waals surface area contributed by atoms with Gasteiger partial charge in [0.2, 0.25) is 0 Å². The number of carbonyl (C=O) groups excluding carboxylic acids is 1. The van der Waals surface area contributed by atoms with E-state index in [1.165, 1.54) is 0 Å². The van der Waals surface area contributed by atoms with Gasteiger partial charge >= 0.3 is 5.97 Å². The summed E-state index contributed by atoms with van der Waals surface area (Å²) in [6.45, 7) is 1.91. The molecule has 1 aromatic heterocycles. The van der Waals surface area contributed by atoms with Crippen LogP contribution in [-0.4, -0.2) is 22.0 Å². The average molecular weight is 331 g/mol. The number of carboxylic acids is 1. The van der Waals surface area contributed by atoms with Gasteiger partial charge in [0.15, 0.2) is 0 Å². The quantitative estimate of drug-likeness (QED) is 0.750. The van der Waals surface area contributed by atoms with E-state index in [1.807, 2.05) is 13.1 Å². The van der Waals surface area contributed by atoms with E-state index in [2.05, 4.69) is 10.3 Å². The zero-order chi connectivity index (χ0) is 16.6. The number of aromatic amines is 1. The van der Waals surface area contributed by atoms with Crippen molar-refractivity contribution in [3.8, 4) is 0 Å². The van der Waals surface area contributed by atoms with Crippen molar-refractivity contribution in [3.63, 3.8) is 0 Å². The third-order valence-electron chi connectivity index (χ3n) is 3.89. The number of hydrogen-bond donors (Lipinski definition) is 3. The lowest BCUT2D eigenvalue weighted by atomic mass is 10.0. The number of anilines is 1. The fraction of sp³-hybridized carbons (Fsp3) is 0.176. The third-order valence-corrected chi connectivity index (χ3v) is 4.12. The Labute approximate surface area is 138 Å². The molecule has 23 heavy (non-hydrogen) atoms. The summed E-state index contributed by atoms with van der Waals surface area (Å²) in [7, 11) is 0. The maximum absolute atomic E-state index is 12.2. The van der Waals surface area contributed by atoms with Gasteiger partial charge in [0.1, 0.15) is 0 Å². The summed E-state index contributed by atoms with van der Waals surface area (Å²) < 4.78 is 0. The summed E-state index contributed by atoms with van der Waals surface area (Å²) in [5.41, 5.74) is 4.62. The van der Waals surface area contributed by atoms with Gasteiger partial charge in [0, 0.05) is 34.6 Å². The van der Waals surface area contributed by atoms with E-state index in [9.17, 15) is 9.59 Å². The van der Waals surface area contributed by atoms with Crippen LogP contribution in [0.5, 0.6) is 0 Å². The number of aryl methyl sites for hydroxylation is 1. The van der Waals surface area contributed by atoms with E-state index in [0.717, 1.165) is 28.1 Å². The van der Waals surface area contributed by atoms with Crippen molar-refractivity contribution in [1.82, 2.24) is 4.98 Å². The molecule has 5 nitrogen and oxygen atoms in total. The van der Waals surface area contributed by atoms with E-state index >= 15 is 0 Å². The molecule has 118 valence electrons. The zero-order valence-corrected chi connectivity index (χ0v) is 13.2. The standard InChI is InChI=1S/C17H15ClN2O3/c1-9-8-19-15(11(9)3-5-16(21)22)7-13-12-6-10(18)2-4-14(12)20-17(13)23/h2,4,6-8,19H,3,5H2,1H3,(H,20,23)(H,21,22). The number of rotatable bonds is 4. The van der Waals surface area contributed by atoms with Crippen LogP contribution >= 0.6 is 11.6 Å². The van der Waals surface area contributed by atoms with Gasteiger partial charge in [0.05, 0.1) is 5.57 Å². The molecule has 1 amide bonds. The maximum atomic E-state index is 12.2. The van der Waals surface area contributed by atoms with Crippen molar-refractivity contribution < 1.29 is 14.7 Å². The number of carbonyl (C=O) groups is 2. The molecule has 0 saturated heterocycles. The van der Waals surface area contributed by atoms with E-state index in [4.69, 9.17) is 16.7 Å². The van der Waals surface area contributed by atoms with Crippen molar-refractivity contribution in [2.45, 2.75) is 19.8 Å². The molecule has 1 aliphatic heterocycles. The SMILES string of the molecule is Cc1c[nH]c(C=C2C(=O)Nc3ccc(Cl)cc32)c1CCC(=O)O. The molecular formula is C17H15ClN2O3. The van der Waals surface area contributed by atoms with Crippen molar-refractivity contribution in [3.05, 3.63) is 51.8 Å². The normalized spacial score (nSPS) is 14.9. The van der Waals surface area contributed by atoms with Gasteiger partial charge in [-0.2, -0.15) is 0 Å². The summed E-state index contributed by atoms with van der Waals surface area (Å²) >= 11 is 6.02. The van der Waals surface area contributed by atoms with Gasteiger partial charge in [-0.3, -0.25) is 9.59 Å². The van der Waals surface area contributed by atoms with Crippen LogP contribution in [0.3, 0.4) is 0 Å². The molecule has 3 rings (SSSR count). The Morgan fingerprint density at radius 3 is 2.91 bits per heavy atom. The van der Waals surface area contributed by atoms with E-state index in [0.29, 0.717) is 17.0 Å². The molecule has 3 N–H and O–H groups in total. The fourth-order valence-corrected chi connectivity index (χ4v) is 2.89. The highest BCUT2D eigenvalue weighted by Gasteiger charge is 2.25. The molecule has 1 aromatic carbocycles. The molecule has 0 aliphatic carbocycles. The Morgan fingerprint density at radius 2 is 2.17 bits per heavy atom. The zero-order valence-electron chi connectivity index (χ0n) is 12.4. The highest BCUT2D eigenvalue weighted by atomic mass is 35.5. The predicted octanol–water partition coefficient (Wildman–Crippen LogP) is 3.49. The van der Waals surface area contributed by atoms with Crippen molar-refractivity contribution in [2.24, 2.45) is 0 Å². The van der Waals surface area contributed by atoms with Crippen LogP contribution in [0.15, 0.2) is 24.4 Å². The second-order valence-corrected chi connectivity index (χ2v) is 5.90. The van der Waals surface area contributed by atoms with Crippen LogP contribution in [0.4, 0.5) is 5.69 Å². The number of nitrogens with one attached hydrogen (secondary N) is 2. The van der Waals surface area contributed by atoms with Gasteiger partial charge in [-0.25, -0.2) is 0 Å². The van der Waals surface area contributed by atoms with Crippen LogP contribution < -0.4 is 5.32 Å². The Bertz CT molecular complexity index is 836. The number of fused-ring (bicyclic) bond motifs is 1. The van der Waals surface area contributed by atoms with E-state index in [1.54, 1.807) is 24.3 Å². The summed E-state index contributed by atoms with van der Waals surface area (Å²) in [5, 5.41) is 12.2. The number of hydrogen-bond acceptors (Lipinski definition) is 2. The Kier molecular flexibility index (Phi) is 3.96. The number of halogens is 1. The monoisotopic (exact) mass is 330 g/mol. The summed E-state index contributed by atoms with van der Waals surface area (Å²) in [4.78, 5) is 26.1. The molecule has 0 unspecified atom stereocenters. The fourth-order valence-electron chi connectivity index (χ4n) is 2.71. The lowest BCUT2D eigenvalue weighted by Gasteiger charge is -2.02. The first-order valence-electron chi connectivity index (χ1n) is 7.17. The molecule has 2 aromatic rings. The second kappa shape index (κ2) is 5.93. The lowest BCUT2D eigenvalue weighted by molar-refractivity contribution is -0.137. The van der Waals surface area contributed by atoms with Gasteiger partial charge in [-0.15, -0.1) is 0 Å². The summed E-state index contributed by atoms with van der Waals surface area (Å²) in [6, 6.07) is 5.23. The Hall–Kier alpha value is -2.53. The number of carboxylic acid groups (broad SMARTS) is 1. The molecule has 0 radical (unpaired) electrons. The maximum Gasteiger partial charge on any atom is 0.303 e. The molecular weight excluding hydrogens is 316 g/mol. The average Bonchev–Trinajstić information content (AvgIpc) is 2.99. The van der Waals surface area contributed by atoms with Gasteiger partial charge < -0.3 is 15.4 Å². The van der Waals surface area contributed by atoms with Crippen molar-refractivity contribution in [2.75, 3.05) is 5.32 Å². The number of benzene rings is 1. The molecule has 0 fully saturated rings. The van der Waals surface area contributed by atoms with Crippen LogP contribution in [0.25, 0.3) is 11.6 Å². The minimum Gasteiger partial charge on any atom is -0.481 e. The largest absolute Gasteiger partial charge is 0.481 e. The summed E-state index contributed by atoms with van der Waals surface area (Å²) in [6.07, 6.45) is 4.02. The van der Waals surface area contributed by atoms with Crippen LogP contribution in [0, 0.1) is 6.92 Å². The summed E-state index contributed by atoms with van der Waals surface area (Å²) in [5.74, 6) is -1.04. The van der Waals surface area contributed by atoms with E-state index in [-0.39, 0.29) is 12.3 Å². The Morgan fingerprint density at radius 1 is 1.39 bits per heavy atom. The third kappa shape index (κ3) is 3.00. The first-order valence-corrected chi connectivity index (χ1v) is 7.55. The highest BCUT2D eigenvalue weighted by molar-refractivity contribution is 6.36.